The molecule has 9 heteroatoms. The third-order valence-corrected chi connectivity index (χ3v) is 7.65. The summed E-state index contributed by atoms with van der Waals surface area (Å²) in [5, 5.41) is 5.23. The van der Waals surface area contributed by atoms with Gasteiger partial charge in [0.1, 0.15) is 0 Å². The van der Waals surface area contributed by atoms with Gasteiger partial charge in [-0.3, -0.25) is 9.78 Å². The van der Waals surface area contributed by atoms with Crippen LogP contribution in [0.1, 0.15) is 47.2 Å². The van der Waals surface area contributed by atoms with Gasteiger partial charge in [-0.25, -0.2) is 0 Å². The molecule has 1 spiro atoms. The number of fused-ring (bicyclic) bond motifs is 3. The second-order valence-corrected chi connectivity index (χ2v) is 9.69. The molecular weight excluding hydrogens is 495 g/mol. The van der Waals surface area contributed by atoms with Crippen LogP contribution in [-0.4, -0.2) is 46.0 Å². The van der Waals surface area contributed by atoms with Crippen molar-refractivity contribution in [2.24, 2.45) is 0 Å². The average Bonchev–Trinajstić information content (AvgIpc) is 3.54. The van der Waals surface area contributed by atoms with Crippen molar-refractivity contribution >= 4 is 53.2 Å². The monoisotopic (exact) mass is 522 g/mol. The Kier molecular flexibility index (Phi) is 7.46. The molecule has 1 aromatic carbocycles. The Bertz CT molecular complexity index is 1180. The molecule has 182 valence electrons. The summed E-state index contributed by atoms with van der Waals surface area (Å²) >= 11 is 6.31. The van der Waals surface area contributed by atoms with Crippen molar-refractivity contribution in [2.75, 3.05) is 19.6 Å². The van der Waals surface area contributed by atoms with E-state index in [-0.39, 0.29) is 36.3 Å². The normalized spacial score (nSPS) is 20.7. The van der Waals surface area contributed by atoms with Crippen LogP contribution in [0.4, 0.5) is 0 Å². The van der Waals surface area contributed by atoms with Gasteiger partial charge in [-0.2, -0.15) is 0 Å². The maximum Gasteiger partial charge on any atom is 0.256 e. The largest absolute Gasteiger partial charge is 0.365 e. The smallest absolute Gasteiger partial charge is 0.256 e. The molecule has 3 aliphatic rings. The van der Waals surface area contributed by atoms with Gasteiger partial charge in [0.05, 0.1) is 23.3 Å². The Morgan fingerprint density at radius 1 is 1.24 bits per heavy atom. The number of amides is 1. The number of nitrogens with one attached hydrogen (secondary N) is 1. The third-order valence-electron chi connectivity index (χ3n) is 7.42. The predicted molar refractivity (Wildman–Crippen MR) is 138 cm³/mol. The van der Waals surface area contributed by atoms with Gasteiger partial charge in [0.25, 0.3) is 5.91 Å². The summed E-state index contributed by atoms with van der Waals surface area (Å²) in [4.78, 5) is 19.9. The highest BCUT2D eigenvalue weighted by atomic mass is 35.5. The first kappa shape index (κ1) is 25.3. The lowest BCUT2D eigenvalue weighted by Crippen LogP contribution is -2.45. The topological polar surface area (TPSA) is 59.4 Å². The van der Waals surface area contributed by atoms with Crippen LogP contribution in [0, 0.1) is 0 Å². The standard InChI is InChI=1S/C25H27ClN4O2.2ClH/c26-18-3-4-20-21(15-30(23(20)12-18)14-19-2-1-8-28-19)24(31)29-10-6-25(7-11-29)22-13-27-9-5-17(22)16-32-25;;/h3-5,9,12-13,15,19,28H,1-2,6-8,10-11,14,16H2;2*1H/t19-;;/m0../s1. The lowest BCUT2D eigenvalue weighted by atomic mass is 9.84. The lowest BCUT2D eigenvalue weighted by Gasteiger charge is -2.39. The van der Waals surface area contributed by atoms with Crippen molar-refractivity contribution < 1.29 is 9.53 Å². The molecule has 1 amide bonds. The molecule has 0 unspecified atom stereocenters. The van der Waals surface area contributed by atoms with Crippen LogP contribution in [-0.2, 0) is 23.5 Å². The number of carbonyl (C=O) groups excluding carboxylic acids is 1. The van der Waals surface area contributed by atoms with E-state index in [0.717, 1.165) is 48.8 Å². The molecule has 5 heterocycles. The van der Waals surface area contributed by atoms with Gasteiger partial charge in [-0.1, -0.05) is 17.7 Å². The fourth-order valence-corrected chi connectivity index (χ4v) is 5.81. The van der Waals surface area contributed by atoms with E-state index in [1.165, 1.54) is 17.5 Å². The van der Waals surface area contributed by atoms with E-state index in [2.05, 4.69) is 14.9 Å². The number of carbonyl (C=O) groups is 1. The number of rotatable bonds is 3. The third kappa shape index (κ3) is 4.31. The number of halogens is 3. The summed E-state index contributed by atoms with van der Waals surface area (Å²) in [6, 6.07) is 8.32. The molecule has 3 aliphatic heterocycles. The van der Waals surface area contributed by atoms with Gasteiger partial charge < -0.3 is 19.5 Å². The molecule has 2 saturated heterocycles. The van der Waals surface area contributed by atoms with Crippen LogP contribution < -0.4 is 5.32 Å². The molecule has 1 N–H and O–H groups in total. The Morgan fingerprint density at radius 3 is 2.82 bits per heavy atom. The van der Waals surface area contributed by atoms with E-state index in [0.29, 0.717) is 30.8 Å². The Hall–Kier alpha value is -1.83. The maximum absolute atomic E-state index is 13.6. The number of pyridine rings is 1. The number of aromatic nitrogens is 2. The average molecular weight is 524 g/mol. The van der Waals surface area contributed by atoms with Gasteiger partial charge >= 0.3 is 0 Å². The number of likely N-dealkylation sites (tertiary alicyclic amines) is 1. The molecule has 3 aromatic rings. The highest BCUT2D eigenvalue weighted by Gasteiger charge is 2.43. The van der Waals surface area contributed by atoms with Gasteiger partial charge in [-0.15, -0.1) is 24.8 Å². The molecular formula is C25H29Cl3N4O2. The van der Waals surface area contributed by atoms with Crippen molar-refractivity contribution in [1.29, 1.82) is 0 Å². The van der Waals surface area contributed by atoms with E-state index in [1.54, 1.807) is 0 Å². The molecule has 6 rings (SSSR count). The summed E-state index contributed by atoms with van der Waals surface area (Å²) < 4.78 is 8.44. The molecule has 2 aromatic heterocycles. The summed E-state index contributed by atoms with van der Waals surface area (Å²) in [6.45, 7) is 3.90. The van der Waals surface area contributed by atoms with E-state index >= 15 is 0 Å². The number of hydrogen-bond donors (Lipinski definition) is 1. The second-order valence-electron chi connectivity index (χ2n) is 9.26. The number of piperidine rings is 1. The first-order chi connectivity index (χ1) is 15.6. The van der Waals surface area contributed by atoms with Crippen molar-refractivity contribution in [3.8, 4) is 0 Å². The van der Waals surface area contributed by atoms with Crippen LogP contribution in [0.2, 0.25) is 5.02 Å². The molecule has 34 heavy (non-hydrogen) atoms. The highest BCUT2D eigenvalue weighted by molar-refractivity contribution is 6.31. The second kappa shape index (κ2) is 10.0. The first-order valence-electron chi connectivity index (χ1n) is 11.5. The van der Waals surface area contributed by atoms with Crippen LogP contribution in [0.25, 0.3) is 10.9 Å². The first-order valence-corrected chi connectivity index (χ1v) is 11.9. The van der Waals surface area contributed by atoms with Crippen molar-refractivity contribution in [3.05, 3.63) is 64.6 Å². The lowest BCUT2D eigenvalue weighted by molar-refractivity contribution is -0.0742. The van der Waals surface area contributed by atoms with Crippen LogP contribution in [0.15, 0.2) is 42.9 Å². The number of benzene rings is 1. The van der Waals surface area contributed by atoms with Crippen molar-refractivity contribution in [2.45, 2.75) is 50.5 Å². The number of nitrogens with zero attached hydrogens (tertiary/aromatic N) is 3. The maximum atomic E-state index is 13.6. The van der Waals surface area contributed by atoms with Crippen molar-refractivity contribution in [3.63, 3.8) is 0 Å². The van der Waals surface area contributed by atoms with Crippen LogP contribution in [0.5, 0.6) is 0 Å². The van der Waals surface area contributed by atoms with E-state index in [1.807, 2.05) is 47.8 Å². The molecule has 0 radical (unpaired) electrons. The fourth-order valence-electron chi connectivity index (χ4n) is 5.64. The van der Waals surface area contributed by atoms with Gasteiger partial charge in [0, 0.05) is 60.2 Å². The van der Waals surface area contributed by atoms with E-state index < -0.39 is 0 Å². The van der Waals surface area contributed by atoms with Crippen LogP contribution >= 0.6 is 36.4 Å². The van der Waals surface area contributed by atoms with E-state index in [9.17, 15) is 4.79 Å². The SMILES string of the molecule is Cl.Cl.O=C(c1cn(C[C@@H]2CCCN2)c2cc(Cl)ccc12)N1CCC2(CC1)OCc1ccncc12. The minimum atomic E-state index is -0.296. The zero-order chi connectivity index (χ0) is 21.7. The summed E-state index contributed by atoms with van der Waals surface area (Å²) in [6.07, 6.45) is 9.75. The zero-order valence-electron chi connectivity index (χ0n) is 18.8. The highest BCUT2D eigenvalue weighted by Crippen LogP contribution is 2.44. The van der Waals surface area contributed by atoms with Gasteiger partial charge in [0.2, 0.25) is 0 Å². The summed E-state index contributed by atoms with van der Waals surface area (Å²) in [5.74, 6) is 0.0923. The number of hydrogen-bond acceptors (Lipinski definition) is 4. The fraction of sp³-hybridized carbons (Fsp3) is 0.440. The zero-order valence-corrected chi connectivity index (χ0v) is 21.2. The Balaban J connectivity index is 0.00000137. The quantitative estimate of drug-likeness (QED) is 0.528. The van der Waals surface area contributed by atoms with Gasteiger partial charge in [-0.05, 0) is 56.0 Å². The van der Waals surface area contributed by atoms with Crippen molar-refractivity contribution in [1.82, 2.24) is 19.8 Å². The molecule has 6 nitrogen and oxygen atoms in total. The Morgan fingerprint density at radius 2 is 2.06 bits per heavy atom. The summed E-state index contributed by atoms with van der Waals surface area (Å²) in [5.41, 5.74) is 3.92. The van der Waals surface area contributed by atoms with Gasteiger partial charge in [0.15, 0.2) is 0 Å². The number of ether oxygens (including phenoxy) is 1. The molecule has 0 aliphatic carbocycles. The Labute approximate surface area is 216 Å². The molecule has 2 fully saturated rings. The van der Waals surface area contributed by atoms with E-state index in [4.69, 9.17) is 16.3 Å². The minimum Gasteiger partial charge on any atom is -0.365 e. The molecule has 1 atom stereocenters. The summed E-state index contributed by atoms with van der Waals surface area (Å²) in [7, 11) is 0. The van der Waals surface area contributed by atoms with Crippen LogP contribution in [0.3, 0.4) is 0 Å². The predicted octanol–water partition coefficient (Wildman–Crippen LogP) is 4.95. The minimum absolute atomic E-state index is 0. The molecule has 0 bridgehead atoms. The molecule has 0 saturated carbocycles.